The molecular formula is C41H60N2O3Si. The van der Waals surface area contributed by atoms with Gasteiger partial charge in [-0.25, -0.2) is 9.97 Å². The number of hydrogen-bond donors (Lipinski definition) is 0. The third kappa shape index (κ3) is 12.3. The van der Waals surface area contributed by atoms with Gasteiger partial charge in [0.25, 0.3) is 0 Å². The fourth-order valence-electron chi connectivity index (χ4n) is 6.77. The summed E-state index contributed by atoms with van der Waals surface area (Å²) in [4.78, 5) is 9.38. The zero-order valence-electron chi connectivity index (χ0n) is 29.6. The molecule has 1 fully saturated rings. The Balaban J connectivity index is 0.988. The number of fused-ring (bicyclic) bond motifs is 1. The lowest BCUT2D eigenvalue weighted by Crippen LogP contribution is -2.28. The fourth-order valence-corrected chi connectivity index (χ4v) is 8.50. The molecule has 0 bridgehead atoms. The zero-order chi connectivity index (χ0) is 32.7. The van der Waals surface area contributed by atoms with Gasteiger partial charge in [-0.2, -0.15) is 0 Å². The summed E-state index contributed by atoms with van der Waals surface area (Å²) >= 11 is 0. The molecule has 47 heavy (non-hydrogen) atoms. The van der Waals surface area contributed by atoms with Crippen LogP contribution in [-0.2, 0) is 0 Å². The number of unbranched alkanes of at least 4 members (excludes halogenated alkanes) is 8. The van der Waals surface area contributed by atoms with Crippen LogP contribution in [0.4, 0.5) is 0 Å². The lowest BCUT2D eigenvalue weighted by atomic mass is 9.96. The molecule has 0 saturated heterocycles. The molecule has 1 saturated carbocycles. The van der Waals surface area contributed by atoms with Gasteiger partial charge in [-0.1, -0.05) is 136 Å². The Labute approximate surface area is 287 Å². The molecule has 1 aliphatic carbocycles. The van der Waals surface area contributed by atoms with Crippen LogP contribution in [0.25, 0.3) is 22.5 Å². The second-order valence-electron chi connectivity index (χ2n) is 14.6. The molecule has 5 rings (SSSR count). The standard InChI is InChI=1S/C41H60N2O3Si/c1-4-5-10-15-31(2)16-11-6-7-12-17-32(3)47-41-45-38-26-23-35(28-39(38)46-41)40-42-29-36(30-43-40)34-21-24-37(25-22-34)44-27-14-9-8-13-18-33-19-20-33/h21-26,28-33,41H,4-20,27,47H2,1-3H3. The largest absolute Gasteiger partial charge is 0.494 e. The first-order valence-electron chi connectivity index (χ1n) is 19.1. The van der Waals surface area contributed by atoms with Gasteiger partial charge >= 0.3 is 0 Å². The molecule has 1 aliphatic heterocycles. The van der Waals surface area contributed by atoms with Crippen LogP contribution in [0.2, 0.25) is 5.54 Å². The van der Waals surface area contributed by atoms with Crippen LogP contribution in [0.1, 0.15) is 130 Å². The summed E-state index contributed by atoms with van der Waals surface area (Å²) in [5, 5.41) is 0. The fraction of sp³-hybridized carbons (Fsp3) is 0.610. The van der Waals surface area contributed by atoms with Crippen molar-refractivity contribution in [1.29, 1.82) is 0 Å². The van der Waals surface area contributed by atoms with E-state index in [0.717, 1.165) is 58.8 Å². The van der Waals surface area contributed by atoms with E-state index in [9.17, 15) is 0 Å². The number of hydrogen-bond acceptors (Lipinski definition) is 5. The molecule has 256 valence electrons. The van der Waals surface area contributed by atoms with Gasteiger partial charge in [-0.15, -0.1) is 0 Å². The first-order valence-corrected chi connectivity index (χ1v) is 20.7. The minimum atomic E-state index is -0.525. The van der Waals surface area contributed by atoms with Crippen LogP contribution in [0.5, 0.6) is 17.2 Å². The average molecular weight is 657 g/mol. The lowest BCUT2D eigenvalue weighted by molar-refractivity contribution is 0.122. The Bertz CT molecular complexity index is 1310. The third-order valence-corrected chi connectivity index (χ3v) is 12.0. The highest BCUT2D eigenvalue weighted by molar-refractivity contribution is 6.38. The van der Waals surface area contributed by atoms with Crippen molar-refractivity contribution in [1.82, 2.24) is 9.97 Å². The number of rotatable bonds is 23. The smallest absolute Gasteiger partial charge is 0.213 e. The molecule has 1 aromatic heterocycles. The van der Waals surface area contributed by atoms with Gasteiger partial charge in [0.05, 0.1) is 6.61 Å². The molecule has 0 radical (unpaired) electrons. The Morgan fingerprint density at radius 2 is 1.38 bits per heavy atom. The van der Waals surface area contributed by atoms with Crippen molar-refractivity contribution >= 4 is 9.52 Å². The minimum absolute atomic E-state index is 0.0774. The van der Waals surface area contributed by atoms with Crippen molar-refractivity contribution in [3.05, 3.63) is 54.9 Å². The van der Waals surface area contributed by atoms with Crippen LogP contribution < -0.4 is 14.2 Å². The molecule has 2 aliphatic rings. The monoisotopic (exact) mass is 656 g/mol. The number of aromatic nitrogens is 2. The Hall–Kier alpha value is -2.86. The van der Waals surface area contributed by atoms with Crippen LogP contribution in [-0.4, -0.2) is 32.0 Å². The van der Waals surface area contributed by atoms with Gasteiger partial charge in [-0.05, 0) is 59.7 Å². The zero-order valence-corrected chi connectivity index (χ0v) is 31.0. The number of nitrogens with zero attached hydrogens (tertiary/aromatic N) is 2. The van der Waals surface area contributed by atoms with Gasteiger partial charge in [0.2, 0.25) is 5.91 Å². The maximum Gasteiger partial charge on any atom is 0.213 e. The summed E-state index contributed by atoms with van der Waals surface area (Å²) in [6, 6.07) is 14.4. The van der Waals surface area contributed by atoms with E-state index in [2.05, 4.69) is 32.9 Å². The molecule has 6 heteroatoms. The van der Waals surface area contributed by atoms with Gasteiger partial charge in [0, 0.05) is 23.5 Å². The Morgan fingerprint density at radius 1 is 0.723 bits per heavy atom. The van der Waals surface area contributed by atoms with Crippen molar-refractivity contribution in [2.75, 3.05) is 6.61 Å². The SMILES string of the molecule is CCCCCC(C)CCCCCCC(C)[SiH2]C1Oc2ccc(-c3ncc(-c4ccc(OCCCCCCC5CC5)cc4)cn3)cc2O1. The van der Waals surface area contributed by atoms with E-state index in [1.807, 2.05) is 42.7 Å². The normalized spacial score (nSPS) is 17.0. The van der Waals surface area contributed by atoms with Crippen molar-refractivity contribution in [2.24, 2.45) is 11.8 Å². The van der Waals surface area contributed by atoms with E-state index < -0.39 is 9.52 Å². The number of benzene rings is 2. The highest BCUT2D eigenvalue weighted by Crippen LogP contribution is 2.38. The summed E-state index contributed by atoms with van der Waals surface area (Å²) in [6.45, 7) is 7.90. The maximum atomic E-state index is 6.29. The summed E-state index contributed by atoms with van der Waals surface area (Å²) in [6.07, 6.45) is 27.0. The van der Waals surface area contributed by atoms with Gasteiger partial charge in [0.15, 0.2) is 17.3 Å². The topological polar surface area (TPSA) is 53.5 Å². The van der Waals surface area contributed by atoms with Crippen molar-refractivity contribution in [3.63, 3.8) is 0 Å². The number of ether oxygens (including phenoxy) is 3. The van der Waals surface area contributed by atoms with Crippen LogP contribution in [0.3, 0.4) is 0 Å². The predicted molar refractivity (Wildman–Crippen MR) is 198 cm³/mol. The Morgan fingerprint density at radius 3 is 2.13 bits per heavy atom. The molecule has 2 aromatic carbocycles. The Kier molecular flexibility index (Phi) is 14.5. The first kappa shape index (κ1) is 35.4. The highest BCUT2D eigenvalue weighted by Gasteiger charge is 2.27. The average Bonchev–Trinajstić information content (AvgIpc) is 3.83. The van der Waals surface area contributed by atoms with Gasteiger partial charge in [-0.3, -0.25) is 0 Å². The van der Waals surface area contributed by atoms with Gasteiger partial charge < -0.3 is 14.2 Å². The van der Waals surface area contributed by atoms with Crippen LogP contribution >= 0.6 is 0 Å². The van der Waals surface area contributed by atoms with E-state index in [0.29, 0.717) is 11.4 Å². The molecule has 2 heterocycles. The van der Waals surface area contributed by atoms with Crippen LogP contribution in [0, 0.1) is 11.8 Å². The molecule has 0 N–H and O–H groups in total. The molecular weight excluding hydrogens is 597 g/mol. The maximum absolute atomic E-state index is 6.29. The second-order valence-corrected chi connectivity index (χ2v) is 17.1. The van der Waals surface area contributed by atoms with E-state index in [4.69, 9.17) is 24.2 Å². The molecule has 3 unspecified atom stereocenters. The van der Waals surface area contributed by atoms with Crippen molar-refractivity contribution in [2.45, 2.75) is 141 Å². The first-order chi connectivity index (χ1) is 23.1. The summed E-state index contributed by atoms with van der Waals surface area (Å²) in [5.41, 5.74) is 3.74. The van der Waals surface area contributed by atoms with E-state index >= 15 is 0 Å². The third-order valence-electron chi connectivity index (χ3n) is 10.1. The van der Waals surface area contributed by atoms with Crippen molar-refractivity contribution in [3.8, 4) is 39.8 Å². The predicted octanol–water partition coefficient (Wildman–Crippen LogP) is 11.1. The van der Waals surface area contributed by atoms with E-state index in [1.54, 1.807) is 0 Å². The second kappa shape index (κ2) is 19.2. The molecule has 0 amide bonds. The molecule has 0 spiro atoms. The van der Waals surface area contributed by atoms with Gasteiger partial charge in [0.1, 0.15) is 15.3 Å². The minimum Gasteiger partial charge on any atom is -0.494 e. The van der Waals surface area contributed by atoms with Crippen molar-refractivity contribution < 1.29 is 14.2 Å². The molecule has 3 atom stereocenters. The molecule has 3 aromatic rings. The molecule has 5 nitrogen and oxygen atoms in total. The summed E-state index contributed by atoms with van der Waals surface area (Å²) in [5.74, 6) is 5.16. The summed E-state index contributed by atoms with van der Waals surface area (Å²) < 4.78 is 18.5. The van der Waals surface area contributed by atoms with E-state index in [-0.39, 0.29) is 5.91 Å². The summed E-state index contributed by atoms with van der Waals surface area (Å²) in [7, 11) is -0.525. The highest BCUT2D eigenvalue weighted by atomic mass is 28.2. The quantitative estimate of drug-likeness (QED) is 0.0751. The van der Waals surface area contributed by atoms with Crippen LogP contribution in [0.15, 0.2) is 54.9 Å². The lowest BCUT2D eigenvalue weighted by Gasteiger charge is -2.15. The van der Waals surface area contributed by atoms with E-state index in [1.165, 1.54) is 103 Å².